The number of nitrogens with zero attached hydrogens (tertiary/aromatic N) is 2. The van der Waals surface area contributed by atoms with Crippen LogP contribution in [0.3, 0.4) is 0 Å². The molecule has 0 bridgehead atoms. The first-order valence-corrected chi connectivity index (χ1v) is 8.10. The number of likely N-dealkylation sites (tertiary alicyclic amines) is 1. The summed E-state index contributed by atoms with van der Waals surface area (Å²) in [4.78, 5) is 35.7. The zero-order valence-corrected chi connectivity index (χ0v) is 13.9. The summed E-state index contributed by atoms with van der Waals surface area (Å²) in [5.74, 6) is -0.725. The van der Waals surface area contributed by atoms with Gasteiger partial charge >= 0.3 is 5.97 Å². The van der Waals surface area contributed by atoms with Crippen molar-refractivity contribution in [3.63, 3.8) is 0 Å². The minimum absolute atomic E-state index is 0.0351. The number of hydrogen-bond donors (Lipinski definition) is 2. The molecule has 0 aliphatic carbocycles. The van der Waals surface area contributed by atoms with Crippen molar-refractivity contribution in [3.8, 4) is 6.07 Å². The molecule has 1 fully saturated rings. The van der Waals surface area contributed by atoms with Gasteiger partial charge in [-0.3, -0.25) is 14.4 Å². The Morgan fingerprint density at radius 1 is 1.29 bits per heavy atom. The fourth-order valence-corrected chi connectivity index (χ4v) is 2.42. The Morgan fingerprint density at radius 2 is 1.96 bits per heavy atom. The predicted octanol–water partition coefficient (Wildman–Crippen LogP) is -0.0787. The molecule has 8 nitrogen and oxygen atoms in total. The summed E-state index contributed by atoms with van der Waals surface area (Å²) < 4.78 is 5.00. The van der Waals surface area contributed by atoms with E-state index in [4.69, 9.17) is 10.00 Å². The summed E-state index contributed by atoms with van der Waals surface area (Å²) in [7, 11) is 0. The smallest absolute Gasteiger partial charge is 0.309 e. The molecule has 1 heterocycles. The largest absolute Gasteiger partial charge is 0.466 e. The van der Waals surface area contributed by atoms with Crippen molar-refractivity contribution in [2.75, 3.05) is 32.8 Å². The highest BCUT2D eigenvalue weighted by Crippen LogP contribution is 2.19. The number of carbonyl (C=O) groups excluding carboxylic acids is 3. The van der Waals surface area contributed by atoms with Crippen LogP contribution in [0.4, 0.5) is 0 Å². The standard InChI is InChI=1S/C16H24N4O4/c1-2-24-16(23)13-4-8-20(9-5-13)15(22)14(10-17)11-18-6-3-7-19-12-21/h11-13,18H,2-9H2,1H3,(H,19,21)/b14-11-. The number of amides is 2. The van der Waals surface area contributed by atoms with Crippen LogP contribution in [-0.4, -0.2) is 56.0 Å². The van der Waals surface area contributed by atoms with Crippen LogP contribution in [0.5, 0.6) is 0 Å². The predicted molar refractivity (Wildman–Crippen MR) is 86.3 cm³/mol. The van der Waals surface area contributed by atoms with E-state index in [-0.39, 0.29) is 23.4 Å². The molecule has 1 aliphatic heterocycles. The third kappa shape index (κ3) is 6.28. The molecule has 1 aliphatic rings. The van der Waals surface area contributed by atoms with Gasteiger partial charge in [-0.1, -0.05) is 0 Å². The average molecular weight is 336 g/mol. The molecule has 8 heteroatoms. The summed E-state index contributed by atoms with van der Waals surface area (Å²) in [5, 5.41) is 14.6. The SMILES string of the molecule is CCOC(=O)C1CCN(C(=O)/C(C#N)=C\NCCCNC=O)CC1. The maximum atomic E-state index is 12.3. The van der Waals surface area contributed by atoms with Gasteiger partial charge < -0.3 is 20.3 Å². The molecule has 0 aromatic rings. The molecule has 0 atom stereocenters. The van der Waals surface area contributed by atoms with Gasteiger partial charge in [0.15, 0.2) is 0 Å². The van der Waals surface area contributed by atoms with Crippen molar-refractivity contribution in [1.82, 2.24) is 15.5 Å². The van der Waals surface area contributed by atoms with Crippen molar-refractivity contribution in [2.45, 2.75) is 26.2 Å². The molecular weight excluding hydrogens is 312 g/mol. The monoisotopic (exact) mass is 336 g/mol. The molecule has 0 spiro atoms. The van der Waals surface area contributed by atoms with Crippen LogP contribution in [0.25, 0.3) is 0 Å². The lowest BCUT2D eigenvalue weighted by molar-refractivity contribution is -0.150. The Kier molecular flexibility index (Phi) is 8.97. The molecule has 132 valence electrons. The zero-order valence-electron chi connectivity index (χ0n) is 13.9. The lowest BCUT2D eigenvalue weighted by Crippen LogP contribution is -2.41. The highest BCUT2D eigenvalue weighted by Gasteiger charge is 2.29. The molecule has 0 aromatic heterocycles. The van der Waals surface area contributed by atoms with Gasteiger partial charge in [0.2, 0.25) is 6.41 Å². The van der Waals surface area contributed by atoms with Crippen LogP contribution < -0.4 is 10.6 Å². The molecule has 0 aromatic carbocycles. The maximum Gasteiger partial charge on any atom is 0.309 e. The van der Waals surface area contributed by atoms with E-state index < -0.39 is 0 Å². The number of carbonyl (C=O) groups is 3. The Hall–Kier alpha value is -2.56. The normalized spacial score (nSPS) is 15.3. The van der Waals surface area contributed by atoms with Crippen molar-refractivity contribution >= 4 is 18.3 Å². The number of ether oxygens (including phenoxy) is 1. The Bertz CT molecular complexity index is 505. The Labute approximate surface area is 141 Å². The molecule has 1 saturated heterocycles. The van der Waals surface area contributed by atoms with E-state index in [0.29, 0.717) is 58.5 Å². The van der Waals surface area contributed by atoms with Crippen LogP contribution in [0.2, 0.25) is 0 Å². The fourth-order valence-electron chi connectivity index (χ4n) is 2.42. The van der Waals surface area contributed by atoms with Crippen LogP contribution in [0.15, 0.2) is 11.8 Å². The highest BCUT2D eigenvalue weighted by atomic mass is 16.5. The van der Waals surface area contributed by atoms with E-state index in [1.54, 1.807) is 11.8 Å². The third-order valence-corrected chi connectivity index (χ3v) is 3.72. The van der Waals surface area contributed by atoms with E-state index in [1.807, 2.05) is 6.07 Å². The maximum absolute atomic E-state index is 12.3. The lowest BCUT2D eigenvalue weighted by Gasteiger charge is -2.30. The first-order chi connectivity index (χ1) is 11.6. The minimum atomic E-state index is -0.335. The van der Waals surface area contributed by atoms with Crippen molar-refractivity contribution < 1.29 is 19.1 Å². The number of esters is 1. The van der Waals surface area contributed by atoms with E-state index in [0.717, 1.165) is 0 Å². The number of hydrogen-bond acceptors (Lipinski definition) is 6. The van der Waals surface area contributed by atoms with Gasteiger partial charge in [0.25, 0.3) is 5.91 Å². The second kappa shape index (κ2) is 11.0. The van der Waals surface area contributed by atoms with Gasteiger partial charge in [-0.2, -0.15) is 5.26 Å². The zero-order chi connectivity index (χ0) is 17.8. The molecule has 1 rings (SSSR count). The van der Waals surface area contributed by atoms with E-state index in [2.05, 4.69) is 10.6 Å². The Morgan fingerprint density at radius 3 is 2.54 bits per heavy atom. The number of nitriles is 1. The van der Waals surface area contributed by atoms with Crippen molar-refractivity contribution in [2.24, 2.45) is 5.92 Å². The van der Waals surface area contributed by atoms with Crippen LogP contribution in [0.1, 0.15) is 26.2 Å². The summed E-state index contributed by atoms with van der Waals surface area (Å²) in [6, 6.07) is 1.90. The summed E-state index contributed by atoms with van der Waals surface area (Å²) in [6.45, 7) is 4.07. The van der Waals surface area contributed by atoms with Gasteiger partial charge in [-0.05, 0) is 26.2 Å². The summed E-state index contributed by atoms with van der Waals surface area (Å²) in [6.07, 6.45) is 3.82. The third-order valence-electron chi connectivity index (χ3n) is 3.72. The van der Waals surface area contributed by atoms with Crippen LogP contribution in [-0.2, 0) is 19.1 Å². The quantitative estimate of drug-likeness (QED) is 0.200. The van der Waals surface area contributed by atoms with Gasteiger partial charge in [0.1, 0.15) is 11.6 Å². The van der Waals surface area contributed by atoms with E-state index >= 15 is 0 Å². The molecule has 2 amide bonds. The molecule has 0 saturated carbocycles. The van der Waals surface area contributed by atoms with Crippen LogP contribution >= 0.6 is 0 Å². The topological polar surface area (TPSA) is 112 Å². The molecule has 0 unspecified atom stereocenters. The number of rotatable bonds is 9. The van der Waals surface area contributed by atoms with Crippen molar-refractivity contribution in [1.29, 1.82) is 5.26 Å². The summed E-state index contributed by atoms with van der Waals surface area (Å²) in [5.41, 5.74) is 0.0351. The first kappa shape index (κ1) is 19.5. The Balaban J connectivity index is 2.43. The molecule has 2 N–H and O–H groups in total. The van der Waals surface area contributed by atoms with E-state index in [9.17, 15) is 14.4 Å². The molecular formula is C16H24N4O4. The van der Waals surface area contributed by atoms with Crippen molar-refractivity contribution in [3.05, 3.63) is 11.8 Å². The number of piperidine rings is 1. The van der Waals surface area contributed by atoms with Gasteiger partial charge in [-0.15, -0.1) is 0 Å². The minimum Gasteiger partial charge on any atom is -0.466 e. The van der Waals surface area contributed by atoms with Gasteiger partial charge in [0.05, 0.1) is 12.5 Å². The second-order valence-electron chi connectivity index (χ2n) is 5.37. The average Bonchev–Trinajstić information content (AvgIpc) is 2.61. The second-order valence-corrected chi connectivity index (χ2v) is 5.37. The van der Waals surface area contributed by atoms with Gasteiger partial charge in [-0.25, -0.2) is 0 Å². The lowest BCUT2D eigenvalue weighted by atomic mass is 9.96. The fraction of sp³-hybridized carbons (Fsp3) is 0.625. The van der Waals surface area contributed by atoms with E-state index in [1.165, 1.54) is 6.20 Å². The number of nitrogens with one attached hydrogen (secondary N) is 2. The van der Waals surface area contributed by atoms with Crippen LogP contribution in [0, 0.1) is 17.2 Å². The molecule has 0 radical (unpaired) electrons. The molecule has 24 heavy (non-hydrogen) atoms. The first-order valence-electron chi connectivity index (χ1n) is 8.10. The van der Waals surface area contributed by atoms with Gasteiger partial charge in [0, 0.05) is 32.4 Å². The highest BCUT2D eigenvalue weighted by molar-refractivity contribution is 5.97. The summed E-state index contributed by atoms with van der Waals surface area (Å²) >= 11 is 0.